The Morgan fingerprint density at radius 2 is 1.92 bits per heavy atom. The normalized spacial score (nSPS) is 11.2. The molecule has 0 saturated heterocycles. The second-order valence-electron chi connectivity index (χ2n) is 6.49. The minimum Gasteiger partial charge on any atom is -0.494 e. The van der Waals surface area contributed by atoms with Gasteiger partial charge in [-0.15, -0.1) is 0 Å². The third kappa shape index (κ3) is 3.81. The number of hydrogen-bond donors (Lipinski definition) is 2. The lowest BCUT2D eigenvalue weighted by atomic mass is 10.2. The fraction of sp³-hybridized carbons (Fsp3) is 0.250. The number of aromatic carboxylic acids is 1. The molecule has 0 aliphatic rings. The summed E-state index contributed by atoms with van der Waals surface area (Å²) in [6, 6.07) is 12.6. The van der Waals surface area contributed by atoms with Crippen molar-refractivity contribution in [3.63, 3.8) is 0 Å². The molecule has 0 saturated carbocycles. The topological polar surface area (TPSA) is 80.7 Å². The van der Waals surface area contributed by atoms with E-state index in [9.17, 15) is 4.79 Å². The molecule has 0 radical (unpaired) electrons. The molecule has 0 aliphatic carbocycles. The van der Waals surface area contributed by atoms with Crippen molar-refractivity contribution in [2.75, 3.05) is 33.0 Å². The number of aromatic nitrogens is 1. The maximum Gasteiger partial charge on any atom is 0.335 e. The number of carboxylic acid groups (broad SMARTS) is 1. The average molecular weight is 353 g/mol. The zero-order valence-electron chi connectivity index (χ0n) is 15.0. The van der Waals surface area contributed by atoms with Crippen LogP contribution in [0.5, 0.6) is 5.75 Å². The molecule has 0 unspecified atom stereocenters. The van der Waals surface area contributed by atoms with Gasteiger partial charge in [-0.25, -0.2) is 4.79 Å². The second kappa shape index (κ2) is 7.49. The van der Waals surface area contributed by atoms with E-state index in [0.29, 0.717) is 12.3 Å². The second-order valence-corrected chi connectivity index (χ2v) is 6.49. The Morgan fingerprint density at radius 3 is 2.58 bits per heavy atom. The third-order valence-electron chi connectivity index (χ3n) is 4.22. The zero-order chi connectivity index (χ0) is 18.7. The van der Waals surface area contributed by atoms with Crippen molar-refractivity contribution in [3.8, 4) is 11.4 Å². The summed E-state index contributed by atoms with van der Waals surface area (Å²) in [5, 5.41) is 9.94. The third-order valence-corrected chi connectivity index (χ3v) is 4.22. The van der Waals surface area contributed by atoms with E-state index < -0.39 is 5.97 Å². The van der Waals surface area contributed by atoms with Crippen molar-refractivity contribution in [1.29, 1.82) is 0 Å². The molecular formula is C20H23N3O3. The predicted octanol–water partition coefficient (Wildman–Crippen LogP) is 3.24. The SMILES string of the molecule is CN(C)CCCOc1ccc2c(c1)c(N)cn2-c1ccc(C(=O)O)cc1. The monoisotopic (exact) mass is 353 g/mol. The van der Waals surface area contributed by atoms with E-state index in [-0.39, 0.29) is 5.56 Å². The lowest BCUT2D eigenvalue weighted by Crippen LogP contribution is -2.15. The predicted molar refractivity (Wildman–Crippen MR) is 103 cm³/mol. The van der Waals surface area contributed by atoms with Gasteiger partial charge in [-0.1, -0.05) is 0 Å². The van der Waals surface area contributed by atoms with Crippen molar-refractivity contribution in [1.82, 2.24) is 9.47 Å². The van der Waals surface area contributed by atoms with Crippen LogP contribution in [0.1, 0.15) is 16.8 Å². The fourth-order valence-electron chi connectivity index (χ4n) is 2.87. The van der Waals surface area contributed by atoms with Crippen molar-refractivity contribution in [3.05, 3.63) is 54.2 Å². The molecule has 3 aromatic rings. The minimum absolute atomic E-state index is 0.256. The van der Waals surface area contributed by atoms with E-state index in [0.717, 1.165) is 35.3 Å². The number of fused-ring (bicyclic) bond motifs is 1. The smallest absolute Gasteiger partial charge is 0.335 e. The van der Waals surface area contributed by atoms with E-state index in [4.69, 9.17) is 15.6 Å². The molecule has 0 atom stereocenters. The van der Waals surface area contributed by atoms with Gasteiger partial charge in [0.15, 0.2) is 0 Å². The summed E-state index contributed by atoms with van der Waals surface area (Å²) in [5.41, 5.74) is 8.90. The fourth-order valence-corrected chi connectivity index (χ4v) is 2.87. The Kier molecular flexibility index (Phi) is 5.14. The first kappa shape index (κ1) is 17.8. The van der Waals surface area contributed by atoms with Crippen LogP contribution in [0.25, 0.3) is 16.6 Å². The van der Waals surface area contributed by atoms with Crippen LogP contribution >= 0.6 is 0 Å². The van der Waals surface area contributed by atoms with Gasteiger partial charge in [0.25, 0.3) is 0 Å². The summed E-state index contributed by atoms with van der Waals surface area (Å²) in [5.74, 6) is -0.147. The van der Waals surface area contributed by atoms with Crippen LogP contribution in [0.3, 0.4) is 0 Å². The summed E-state index contributed by atoms with van der Waals surface area (Å²) in [7, 11) is 4.08. The maximum absolute atomic E-state index is 11.0. The van der Waals surface area contributed by atoms with Crippen LogP contribution in [-0.2, 0) is 0 Å². The van der Waals surface area contributed by atoms with Crippen LogP contribution in [-0.4, -0.2) is 47.8 Å². The van der Waals surface area contributed by atoms with Gasteiger partial charge in [-0.3, -0.25) is 0 Å². The van der Waals surface area contributed by atoms with Crippen LogP contribution in [0.4, 0.5) is 5.69 Å². The largest absolute Gasteiger partial charge is 0.494 e. The Balaban J connectivity index is 1.83. The number of nitrogens with zero attached hydrogens (tertiary/aromatic N) is 2. The quantitative estimate of drug-likeness (QED) is 0.637. The molecular weight excluding hydrogens is 330 g/mol. The lowest BCUT2D eigenvalue weighted by Gasteiger charge is -2.11. The molecule has 0 aliphatic heterocycles. The molecule has 1 aromatic heterocycles. The van der Waals surface area contributed by atoms with Crippen molar-refractivity contribution >= 4 is 22.6 Å². The van der Waals surface area contributed by atoms with Crippen molar-refractivity contribution in [2.45, 2.75) is 6.42 Å². The highest BCUT2D eigenvalue weighted by Gasteiger charge is 2.10. The summed E-state index contributed by atoms with van der Waals surface area (Å²) in [6.45, 7) is 1.63. The first-order chi connectivity index (χ1) is 12.5. The highest BCUT2D eigenvalue weighted by Crippen LogP contribution is 2.30. The Labute approximate surface area is 152 Å². The van der Waals surface area contributed by atoms with Gasteiger partial charge in [0, 0.05) is 23.8 Å². The van der Waals surface area contributed by atoms with E-state index in [1.54, 1.807) is 24.3 Å². The van der Waals surface area contributed by atoms with Crippen LogP contribution < -0.4 is 10.5 Å². The molecule has 136 valence electrons. The summed E-state index contributed by atoms with van der Waals surface area (Å²) < 4.78 is 7.77. The van der Waals surface area contributed by atoms with Crippen molar-refractivity contribution < 1.29 is 14.6 Å². The molecule has 2 aromatic carbocycles. The number of nitrogen functional groups attached to an aromatic ring is 1. The number of ether oxygens (including phenoxy) is 1. The molecule has 0 bridgehead atoms. The number of hydrogen-bond acceptors (Lipinski definition) is 4. The number of anilines is 1. The Morgan fingerprint density at radius 1 is 1.19 bits per heavy atom. The molecule has 1 heterocycles. The number of carboxylic acids is 1. The van der Waals surface area contributed by atoms with Crippen LogP contribution in [0.2, 0.25) is 0 Å². The van der Waals surface area contributed by atoms with E-state index >= 15 is 0 Å². The highest BCUT2D eigenvalue weighted by atomic mass is 16.5. The molecule has 26 heavy (non-hydrogen) atoms. The molecule has 0 amide bonds. The number of rotatable bonds is 7. The average Bonchev–Trinajstić information content (AvgIpc) is 2.95. The number of carbonyl (C=O) groups is 1. The minimum atomic E-state index is -0.940. The molecule has 6 nitrogen and oxygen atoms in total. The summed E-state index contributed by atoms with van der Waals surface area (Å²) in [6.07, 6.45) is 2.80. The van der Waals surface area contributed by atoms with Gasteiger partial charge in [0.05, 0.1) is 23.4 Å². The Hall–Kier alpha value is -2.99. The van der Waals surface area contributed by atoms with E-state index in [2.05, 4.69) is 4.90 Å². The number of nitrogens with two attached hydrogens (primary N) is 1. The van der Waals surface area contributed by atoms with Crippen LogP contribution in [0.15, 0.2) is 48.7 Å². The van der Waals surface area contributed by atoms with Crippen LogP contribution in [0, 0.1) is 0 Å². The van der Waals surface area contributed by atoms with E-state index in [1.165, 1.54) is 0 Å². The van der Waals surface area contributed by atoms with Gasteiger partial charge in [-0.05, 0) is 63.0 Å². The molecule has 0 fully saturated rings. The highest BCUT2D eigenvalue weighted by molar-refractivity contribution is 5.94. The molecule has 0 spiro atoms. The Bertz CT molecular complexity index is 914. The summed E-state index contributed by atoms with van der Waals surface area (Å²) in [4.78, 5) is 13.1. The zero-order valence-corrected chi connectivity index (χ0v) is 15.0. The maximum atomic E-state index is 11.0. The van der Waals surface area contributed by atoms with Gasteiger partial charge >= 0.3 is 5.97 Å². The first-order valence-electron chi connectivity index (χ1n) is 8.47. The van der Waals surface area contributed by atoms with Gasteiger partial charge in [0.2, 0.25) is 0 Å². The van der Waals surface area contributed by atoms with Gasteiger partial charge in [0.1, 0.15) is 5.75 Å². The number of benzene rings is 2. The van der Waals surface area contributed by atoms with E-state index in [1.807, 2.05) is 43.1 Å². The van der Waals surface area contributed by atoms with Crippen molar-refractivity contribution in [2.24, 2.45) is 0 Å². The summed E-state index contributed by atoms with van der Waals surface area (Å²) >= 11 is 0. The van der Waals surface area contributed by atoms with Gasteiger partial charge < -0.3 is 25.0 Å². The molecule has 3 rings (SSSR count). The molecule has 3 N–H and O–H groups in total. The standard InChI is InChI=1S/C20H23N3O3/c1-22(2)10-3-11-26-16-8-9-19-17(12-16)18(21)13-23(19)15-6-4-14(5-7-15)20(24)25/h4-9,12-13H,3,10-11,21H2,1-2H3,(H,24,25). The first-order valence-corrected chi connectivity index (χ1v) is 8.47. The van der Waals surface area contributed by atoms with Gasteiger partial charge in [-0.2, -0.15) is 0 Å². The lowest BCUT2D eigenvalue weighted by molar-refractivity contribution is 0.0697. The molecule has 6 heteroatoms.